The van der Waals surface area contributed by atoms with Gasteiger partial charge in [-0.2, -0.15) is 0 Å². The molecule has 388 valence electrons. The molecule has 2 aromatic heterocycles. The molecule has 2 aliphatic carbocycles. The summed E-state index contributed by atoms with van der Waals surface area (Å²) in [6.45, 7) is 5.06. The summed E-state index contributed by atoms with van der Waals surface area (Å²) in [5, 5.41) is 23.1. The number of carboxylic acid groups (broad SMARTS) is 2. The van der Waals surface area contributed by atoms with Gasteiger partial charge in [0.1, 0.15) is 11.6 Å². The number of hydrogen-bond acceptors (Lipinski definition) is 8. The fourth-order valence-corrected chi connectivity index (χ4v) is 12.2. The molecule has 6 aromatic rings. The van der Waals surface area contributed by atoms with E-state index in [1.54, 1.807) is 24.3 Å². The van der Waals surface area contributed by atoms with Crippen LogP contribution in [0.2, 0.25) is 0 Å². The highest BCUT2D eigenvalue weighted by Crippen LogP contribution is 2.51. The number of nitrogens with one attached hydrogen (secondary N) is 2. The van der Waals surface area contributed by atoms with Gasteiger partial charge in [-0.25, -0.2) is 18.4 Å². The third-order valence-corrected chi connectivity index (χ3v) is 15.8. The number of halogens is 2. The van der Waals surface area contributed by atoms with Crippen molar-refractivity contribution in [2.75, 3.05) is 26.3 Å². The van der Waals surface area contributed by atoms with Crippen LogP contribution < -0.4 is 10.6 Å². The largest absolute Gasteiger partial charge is 0.478 e. The number of ether oxygens (including phenoxy) is 2. The van der Waals surface area contributed by atoms with E-state index in [9.17, 15) is 18.4 Å². The number of rotatable bonds is 16. The highest BCUT2D eigenvalue weighted by atomic mass is 19.1. The van der Waals surface area contributed by atoms with Crippen LogP contribution >= 0.6 is 0 Å². The smallest absolute Gasteiger partial charge is 0.328 e. The molecule has 2 saturated heterocycles. The van der Waals surface area contributed by atoms with Gasteiger partial charge < -0.3 is 30.3 Å². The third-order valence-electron chi connectivity index (χ3n) is 15.8. The second-order valence-electron chi connectivity index (χ2n) is 20.6. The number of carboxylic acids is 2. The fraction of sp³-hybridized carbons (Fsp3) is 0.387. The Balaban J connectivity index is 0.000000172. The molecule has 0 radical (unpaired) electrons. The number of hydrogen-bond donors (Lipinski definition) is 4. The van der Waals surface area contributed by atoms with E-state index in [0.717, 1.165) is 104 Å². The van der Waals surface area contributed by atoms with Crippen LogP contribution in [0.25, 0.3) is 22.3 Å². The average molecular weight is 1010 g/mol. The highest BCUT2D eigenvalue weighted by Gasteiger charge is 2.49. The minimum absolute atomic E-state index is 0.0145. The molecule has 2 aliphatic heterocycles. The lowest BCUT2D eigenvalue weighted by atomic mass is 9.66. The number of pyridine rings is 2. The molecule has 2 spiro atoms. The first-order valence-electron chi connectivity index (χ1n) is 26.3. The Morgan fingerprint density at radius 3 is 1.24 bits per heavy atom. The third kappa shape index (κ3) is 14.2. The molecule has 4 fully saturated rings. The first-order valence-corrected chi connectivity index (χ1v) is 26.3. The minimum Gasteiger partial charge on any atom is -0.478 e. The average Bonchev–Trinajstić information content (AvgIpc) is 4.08. The Morgan fingerprint density at radius 1 is 0.514 bits per heavy atom. The molecule has 12 heteroatoms. The Hall–Kier alpha value is -6.44. The van der Waals surface area contributed by atoms with Gasteiger partial charge in [0, 0.05) is 74.1 Å². The van der Waals surface area contributed by atoms with Gasteiger partial charge in [0.05, 0.1) is 11.2 Å². The highest BCUT2D eigenvalue weighted by molar-refractivity contribution is 5.89. The molecule has 74 heavy (non-hydrogen) atoms. The number of carbonyl (C=O) groups is 2. The Bertz CT molecular complexity index is 2560. The molecule has 4 heterocycles. The van der Waals surface area contributed by atoms with E-state index >= 15 is 0 Å². The van der Waals surface area contributed by atoms with Crippen LogP contribution in [-0.2, 0) is 43.0 Å². The first-order chi connectivity index (χ1) is 36.0. The lowest BCUT2D eigenvalue weighted by Crippen LogP contribution is -2.47. The molecule has 10 nitrogen and oxygen atoms in total. The van der Waals surface area contributed by atoms with Crippen LogP contribution in [0.5, 0.6) is 0 Å². The number of aliphatic carboxylic acids is 2. The minimum atomic E-state index is -1.26. The summed E-state index contributed by atoms with van der Waals surface area (Å²) >= 11 is 0. The summed E-state index contributed by atoms with van der Waals surface area (Å²) in [4.78, 5) is 27.4. The quantitative estimate of drug-likeness (QED) is 0.0547. The van der Waals surface area contributed by atoms with Crippen molar-refractivity contribution in [3.63, 3.8) is 0 Å². The van der Waals surface area contributed by atoms with E-state index in [0.29, 0.717) is 12.2 Å². The maximum Gasteiger partial charge on any atom is 0.328 e. The van der Waals surface area contributed by atoms with Gasteiger partial charge in [0.2, 0.25) is 0 Å². The zero-order valence-electron chi connectivity index (χ0n) is 42.3. The van der Waals surface area contributed by atoms with Crippen LogP contribution in [0.3, 0.4) is 0 Å². The number of benzene rings is 4. The van der Waals surface area contributed by atoms with Gasteiger partial charge in [-0.3, -0.25) is 9.97 Å². The van der Waals surface area contributed by atoms with Gasteiger partial charge in [-0.05, 0) is 170 Å². The van der Waals surface area contributed by atoms with Crippen LogP contribution in [0.15, 0.2) is 158 Å². The lowest BCUT2D eigenvalue weighted by Gasteiger charge is -2.47. The van der Waals surface area contributed by atoms with Gasteiger partial charge in [-0.1, -0.05) is 98.5 Å². The van der Waals surface area contributed by atoms with E-state index in [1.165, 1.54) is 70.2 Å². The molecule has 2 saturated carbocycles. The topological polar surface area (TPSA) is 143 Å². The maximum atomic E-state index is 13.7. The summed E-state index contributed by atoms with van der Waals surface area (Å²) in [6, 6.07) is 39.8. The van der Waals surface area contributed by atoms with E-state index < -0.39 is 11.9 Å². The van der Waals surface area contributed by atoms with Gasteiger partial charge in [0.25, 0.3) is 0 Å². The molecule has 0 amide bonds. The molecule has 4 aromatic carbocycles. The van der Waals surface area contributed by atoms with Crippen molar-refractivity contribution in [3.8, 4) is 22.3 Å². The standard InChI is InChI=1S/2C29H33FN2O.C4H4O4/c2*30-26-9-7-25(8-10-26)28(16-20-33-29(22-28)13-3-4-14-29)15-19-32-21-24-5-1-2-6-27(24)23-11-17-31-18-12-23;5-3(6)1-2-4(7)8/h2*1-2,5-12,17-18,32H,3-4,13-16,19-22H2;1-2H,(H,5,6)(H,7,8)/b;;2-1+/t2*28-;/m11./s1. The van der Waals surface area contributed by atoms with Crippen molar-refractivity contribution >= 4 is 11.9 Å². The van der Waals surface area contributed by atoms with E-state index in [2.05, 4.69) is 93.4 Å². The summed E-state index contributed by atoms with van der Waals surface area (Å²) < 4.78 is 40.1. The Kier molecular flexibility index (Phi) is 18.7. The van der Waals surface area contributed by atoms with Crippen LogP contribution in [0, 0.1) is 11.6 Å². The normalized spacial score (nSPS) is 20.6. The van der Waals surface area contributed by atoms with Gasteiger partial charge in [-0.15, -0.1) is 0 Å². The summed E-state index contributed by atoms with van der Waals surface area (Å²) in [6.07, 6.45) is 24.3. The van der Waals surface area contributed by atoms with Crippen LogP contribution in [0.4, 0.5) is 8.78 Å². The van der Waals surface area contributed by atoms with Crippen molar-refractivity contribution in [3.05, 3.63) is 192 Å². The number of nitrogens with zero attached hydrogens (tertiary/aromatic N) is 2. The molecular weight excluding hydrogens is 935 g/mol. The second kappa shape index (κ2) is 25.7. The van der Waals surface area contributed by atoms with Crippen LogP contribution in [-0.4, -0.2) is 69.6 Å². The predicted octanol–water partition coefficient (Wildman–Crippen LogP) is 12.6. The predicted molar refractivity (Wildman–Crippen MR) is 285 cm³/mol. The Morgan fingerprint density at radius 2 is 0.878 bits per heavy atom. The van der Waals surface area contributed by atoms with Crippen molar-refractivity contribution in [1.29, 1.82) is 0 Å². The summed E-state index contributed by atoms with van der Waals surface area (Å²) in [5.74, 6) is -2.84. The molecule has 4 aliphatic rings. The molecule has 0 bridgehead atoms. The van der Waals surface area contributed by atoms with Gasteiger partial charge in [0.15, 0.2) is 0 Å². The molecule has 4 N–H and O–H groups in total. The summed E-state index contributed by atoms with van der Waals surface area (Å²) in [7, 11) is 0. The zero-order valence-corrected chi connectivity index (χ0v) is 42.3. The second-order valence-corrected chi connectivity index (χ2v) is 20.6. The maximum absolute atomic E-state index is 13.7. The zero-order chi connectivity index (χ0) is 51.7. The van der Waals surface area contributed by atoms with E-state index in [-0.39, 0.29) is 33.7 Å². The molecule has 0 unspecified atom stereocenters. The summed E-state index contributed by atoms with van der Waals surface area (Å²) in [5.41, 5.74) is 10.1. The van der Waals surface area contributed by atoms with Crippen molar-refractivity contribution in [1.82, 2.24) is 20.6 Å². The number of aromatic nitrogens is 2. The van der Waals surface area contributed by atoms with E-state index in [1.807, 2.05) is 49.1 Å². The lowest BCUT2D eigenvalue weighted by molar-refractivity contribution is -0.134. The van der Waals surface area contributed by atoms with Crippen molar-refractivity contribution in [2.24, 2.45) is 0 Å². The van der Waals surface area contributed by atoms with Gasteiger partial charge >= 0.3 is 11.9 Å². The van der Waals surface area contributed by atoms with E-state index in [4.69, 9.17) is 19.7 Å². The SMILES string of the molecule is Fc1ccc([C@]2(CCNCc3ccccc3-c3ccncc3)CCOC3(CCCC3)C2)cc1.Fc1ccc([C@]2(CCNCc3ccccc3-c3ccncc3)CCOC3(CCCC3)C2)cc1.O=C(O)/C=C/C(=O)O. The molecular formula is C62H70F2N4O6. The van der Waals surface area contributed by atoms with Crippen molar-refractivity contribution in [2.45, 2.75) is 125 Å². The van der Waals surface area contributed by atoms with Crippen molar-refractivity contribution < 1.29 is 38.1 Å². The first kappa shape index (κ1) is 53.8. The molecule has 10 rings (SSSR count). The fourth-order valence-electron chi connectivity index (χ4n) is 12.2. The molecule has 2 atom stereocenters. The monoisotopic (exact) mass is 1000 g/mol. The van der Waals surface area contributed by atoms with Crippen LogP contribution in [0.1, 0.15) is 112 Å². The Labute approximate surface area is 434 Å².